The van der Waals surface area contributed by atoms with Gasteiger partial charge in [0.1, 0.15) is 11.5 Å². The number of fused-ring (bicyclic) bond motifs is 2. The molecule has 0 spiro atoms. The van der Waals surface area contributed by atoms with Gasteiger partial charge in [-0.25, -0.2) is 0 Å². The molecule has 4 nitrogen and oxygen atoms in total. The smallest absolute Gasteiger partial charge is 0.528 e. The zero-order chi connectivity index (χ0) is 14.1. The third kappa shape index (κ3) is 2.34. The normalized spacial score (nSPS) is 10.9. The molecule has 0 aliphatic rings. The van der Waals surface area contributed by atoms with E-state index in [1.165, 1.54) is 10.8 Å². The molecule has 0 amide bonds. The number of hydrogen-bond donors (Lipinski definition) is 2. The fourth-order valence-electron chi connectivity index (χ4n) is 2.40. The molecule has 0 fully saturated rings. The third-order valence-electron chi connectivity index (χ3n) is 3.50. The van der Waals surface area contributed by atoms with Gasteiger partial charge in [0.2, 0.25) is 0 Å². The topological polar surface area (TPSA) is 50.0 Å². The summed E-state index contributed by atoms with van der Waals surface area (Å²) in [5.41, 5.74) is 2.11. The fraction of sp³-hybridized carbons (Fsp3) is 0. The van der Waals surface area contributed by atoms with E-state index in [0.717, 1.165) is 22.5 Å². The zero-order valence-corrected chi connectivity index (χ0v) is 11.3. The fourth-order valence-corrected chi connectivity index (χ4v) is 2.40. The Balaban J connectivity index is 1.44. The van der Waals surface area contributed by atoms with Gasteiger partial charge < -0.3 is 19.3 Å². The first kappa shape index (κ1) is 12.0. The Morgan fingerprint density at radius 2 is 1.19 bits per heavy atom. The van der Waals surface area contributed by atoms with Crippen molar-refractivity contribution in [1.29, 1.82) is 0 Å². The first-order chi connectivity index (χ1) is 10.4. The van der Waals surface area contributed by atoms with Crippen LogP contribution in [0.15, 0.2) is 60.9 Å². The first-order valence-corrected chi connectivity index (χ1v) is 6.78. The van der Waals surface area contributed by atoms with E-state index in [0.29, 0.717) is 0 Å². The van der Waals surface area contributed by atoms with Crippen molar-refractivity contribution in [2.24, 2.45) is 0 Å². The Morgan fingerprint density at radius 1 is 0.667 bits per heavy atom. The number of benzene rings is 2. The van der Waals surface area contributed by atoms with E-state index >= 15 is 0 Å². The van der Waals surface area contributed by atoms with E-state index in [1.807, 2.05) is 60.9 Å². The summed E-state index contributed by atoms with van der Waals surface area (Å²) in [6, 6.07) is 15.9. The predicted octanol–water partition coefficient (Wildman–Crippen LogP) is 3.37. The summed E-state index contributed by atoms with van der Waals surface area (Å²) in [7, 11) is 0.179. The molecule has 0 aliphatic heterocycles. The molecule has 0 aliphatic carbocycles. The van der Waals surface area contributed by atoms with Crippen LogP contribution in [-0.4, -0.2) is 17.7 Å². The number of rotatable bonds is 4. The standard InChI is InChI=1S/C16H13BN2O2/c1-3-13(9-15-11(1)5-7-18-15)20-17-21-14-4-2-12-6-8-19-16(12)10-14/h1-10,17-19H. The highest BCUT2D eigenvalue weighted by Gasteiger charge is 2.03. The number of aromatic nitrogens is 2. The molecule has 5 heteroatoms. The van der Waals surface area contributed by atoms with E-state index in [1.54, 1.807) is 0 Å². The van der Waals surface area contributed by atoms with E-state index in [4.69, 9.17) is 9.31 Å². The van der Waals surface area contributed by atoms with Crippen molar-refractivity contribution in [3.63, 3.8) is 0 Å². The molecular weight excluding hydrogens is 263 g/mol. The number of hydrogen-bond acceptors (Lipinski definition) is 2. The molecule has 2 aromatic heterocycles. The first-order valence-electron chi connectivity index (χ1n) is 6.78. The van der Waals surface area contributed by atoms with Crippen LogP contribution in [0.25, 0.3) is 21.8 Å². The average molecular weight is 276 g/mol. The van der Waals surface area contributed by atoms with Gasteiger partial charge in [0, 0.05) is 35.6 Å². The van der Waals surface area contributed by atoms with Crippen LogP contribution in [-0.2, 0) is 0 Å². The summed E-state index contributed by atoms with van der Waals surface area (Å²) in [5.74, 6) is 1.57. The van der Waals surface area contributed by atoms with E-state index in [2.05, 4.69) is 9.97 Å². The minimum Gasteiger partial charge on any atom is -0.528 e. The molecule has 2 heterocycles. The molecule has 102 valence electrons. The Kier molecular flexibility index (Phi) is 2.82. The van der Waals surface area contributed by atoms with Crippen LogP contribution in [0, 0.1) is 0 Å². The van der Waals surface area contributed by atoms with E-state index < -0.39 is 0 Å². The van der Waals surface area contributed by atoms with Crippen LogP contribution in [0.4, 0.5) is 0 Å². The van der Waals surface area contributed by atoms with E-state index in [9.17, 15) is 0 Å². The Morgan fingerprint density at radius 3 is 1.71 bits per heavy atom. The highest BCUT2D eigenvalue weighted by Crippen LogP contribution is 2.21. The maximum absolute atomic E-state index is 5.63. The van der Waals surface area contributed by atoms with Gasteiger partial charge in [0.05, 0.1) is 0 Å². The number of aromatic amines is 2. The highest BCUT2D eigenvalue weighted by molar-refractivity contribution is 6.20. The number of H-pyrrole nitrogens is 2. The van der Waals surface area contributed by atoms with Gasteiger partial charge in [-0.2, -0.15) is 0 Å². The van der Waals surface area contributed by atoms with Crippen molar-refractivity contribution in [3.05, 3.63) is 60.9 Å². The molecule has 21 heavy (non-hydrogen) atoms. The van der Waals surface area contributed by atoms with Gasteiger partial charge in [-0.15, -0.1) is 0 Å². The summed E-state index contributed by atoms with van der Waals surface area (Å²) in [6.45, 7) is 0. The van der Waals surface area contributed by atoms with Crippen LogP contribution in [0.1, 0.15) is 0 Å². The van der Waals surface area contributed by atoms with Crippen LogP contribution >= 0.6 is 0 Å². The third-order valence-corrected chi connectivity index (χ3v) is 3.50. The Hall–Kier alpha value is -2.82. The zero-order valence-electron chi connectivity index (χ0n) is 11.3. The van der Waals surface area contributed by atoms with Gasteiger partial charge in [-0.05, 0) is 47.2 Å². The molecular formula is C16H13BN2O2. The second kappa shape index (κ2) is 4.94. The summed E-state index contributed by atoms with van der Waals surface area (Å²) >= 11 is 0. The summed E-state index contributed by atoms with van der Waals surface area (Å²) in [5, 5.41) is 2.33. The van der Waals surface area contributed by atoms with Crippen molar-refractivity contribution in [3.8, 4) is 11.5 Å². The molecule has 0 unspecified atom stereocenters. The molecule has 4 aromatic rings. The largest absolute Gasteiger partial charge is 0.576 e. The molecule has 0 saturated carbocycles. The van der Waals surface area contributed by atoms with Gasteiger partial charge in [0.15, 0.2) is 0 Å². The molecule has 4 rings (SSSR count). The maximum Gasteiger partial charge on any atom is 0.576 e. The SMILES string of the molecule is B(Oc1ccc2cc[nH]c2c1)Oc1ccc2cc[nH]c2c1. The minimum atomic E-state index is 0.179. The molecule has 0 saturated heterocycles. The summed E-state index contributed by atoms with van der Waals surface area (Å²) in [6.07, 6.45) is 3.83. The highest BCUT2D eigenvalue weighted by atomic mass is 16.6. The number of nitrogens with one attached hydrogen (secondary N) is 2. The van der Waals surface area contributed by atoms with Crippen LogP contribution in [0.2, 0.25) is 0 Å². The van der Waals surface area contributed by atoms with Crippen LogP contribution in [0.5, 0.6) is 11.5 Å². The molecule has 0 atom stereocenters. The minimum absolute atomic E-state index is 0.179. The molecule has 0 radical (unpaired) electrons. The van der Waals surface area contributed by atoms with Crippen molar-refractivity contribution in [2.75, 3.05) is 0 Å². The lowest BCUT2D eigenvalue weighted by Crippen LogP contribution is -2.10. The molecule has 2 N–H and O–H groups in total. The maximum atomic E-state index is 5.63. The van der Waals surface area contributed by atoms with Crippen molar-refractivity contribution in [1.82, 2.24) is 9.97 Å². The van der Waals surface area contributed by atoms with Crippen LogP contribution < -0.4 is 9.31 Å². The lowest BCUT2D eigenvalue weighted by Gasteiger charge is -2.07. The van der Waals surface area contributed by atoms with Crippen molar-refractivity contribution < 1.29 is 9.31 Å². The Bertz CT molecular complexity index is 823. The van der Waals surface area contributed by atoms with E-state index in [-0.39, 0.29) is 7.69 Å². The quantitative estimate of drug-likeness (QED) is 0.561. The second-order valence-corrected chi connectivity index (χ2v) is 4.86. The molecule has 0 bridgehead atoms. The van der Waals surface area contributed by atoms with Crippen molar-refractivity contribution >= 4 is 29.5 Å². The van der Waals surface area contributed by atoms with Gasteiger partial charge in [-0.1, -0.05) is 0 Å². The van der Waals surface area contributed by atoms with Gasteiger partial charge >= 0.3 is 7.69 Å². The van der Waals surface area contributed by atoms with Crippen molar-refractivity contribution in [2.45, 2.75) is 0 Å². The monoisotopic (exact) mass is 276 g/mol. The molecule has 2 aromatic carbocycles. The summed E-state index contributed by atoms with van der Waals surface area (Å²) < 4.78 is 11.3. The van der Waals surface area contributed by atoms with Gasteiger partial charge in [0.25, 0.3) is 0 Å². The summed E-state index contributed by atoms with van der Waals surface area (Å²) in [4.78, 5) is 6.32. The predicted molar refractivity (Wildman–Crippen MR) is 85.0 cm³/mol. The van der Waals surface area contributed by atoms with Gasteiger partial charge in [-0.3, -0.25) is 0 Å². The lowest BCUT2D eigenvalue weighted by atomic mass is 10.2. The second-order valence-electron chi connectivity index (χ2n) is 4.86. The van der Waals surface area contributed by atoms with Crippen LogP contribution in [0.3, 0.4) is 0 Å². The lowest BCUT2D eigenvalue weighted by molar-refractivity contribution is 0.460. The average Bonchev–Trinajstić information content (AvgIpc) is 3.14. The Labute approximate surface area is 122 Å².